The monoisotopic (exact) mass is 454 g/mol. The van der Waals surface area contributed by atoms with Crippen molar-refractivity contribution < 1.29 is 32.3 Å². The van der Waals surface area contributed by atoms with Gasteiger partial charge in [-0.05, 0) is 48.0 Å². The Balaban J connectivity index is 1.56. The molecule has 0 aliphatic carbocycles. The Morgan fingerprint density at radius 2 is 1.61 bits per heavy atom. The third-order valence-corrected chi connectivity index (χ3v) is 4.87. The highest BCUT2D eigenvalue weighted by Gasteiger charge is 2.17. The standard InChI is InChI=1S/C24H20F2N2O5/c1-29-16-6-7-17(21(12-16)30-2)24-27-23(28-33-24)15-5-9-20(22(11-15)31-3)32-13-14-4-8-18(25)19(26)10-14/h4-12H,13H2,1-3H3. The molecule has 0 atom stereocenters. The number of rotatable bonds is 8. The second kappa shape index (κ2) is 9.56. The van der Waals surface area contributed by atoms with E-state index >= 15 is 0 Å². The first-order valence-electron chi connectivity index (χ1n) is 9.83. The molecule has 170 valence electrons. The van der Waals surface area contributed by atoms with Crippen molar-refractivity contribution in [3.63, 3.8) is 0 Å². The number of benzene rings is 3. The van der Waals surface area contributed by atoms with Crippen molar-refractivity contribution in [2.45, 2.75) is 6.61 Å². The maximum Gasteiger partial charge on any atom is 0.262 e. The summed E-state index contributed by atoms with van der Waals surface area (Å²) in [5.41, 5.74) is 1.74. The Morgan fingerprint density at radius 3 is 2.33 bits per heavy atom. The maximum atomic E-state index is 13.4. The predicted molar refractivity (Wildman–Crippen MR) is 116 cm³/mol. The van der Waals surface area contributed by atoms with Crippen LogP contribution in [-0.4, -0.2) is 31.5 Å². The molecule has 0 unspecified atom stereocenters. The van der Waals surface area contributed by atoms with Crippen molar-refractivity contribution in [1.82, 2.24) is 10.1 Å². The molecule has 0 N–H and O–H groups in total. The van der Waals surface area contributed by atoms with Crippen LogP contribution in [0.3, 0.4) is 0 Å². The van der Waals surface area contributed by atoms with Gasteiger partial charge in [0, 0.05) is 11.6 Å². The molecule has 9 heteroatoms. The van der Waals surface area contributed by atoms with E-state index in [9.17, 15) is 8.78 Å². The smallest absolute Gasteiger partial charge is 0.262 e. The van der Waals surface area contributed by atoms with Gasteiger partial charge in [0.05, 0.1) is 26.9 Å². The number of methoxy groups -OCH3 is 3. The molecule has 0 saturated carbocycles. The van der Waals surface area contributed by atoms with Gasteiger partial charge in [-0.15, -0.1) is 0 Å². The summed E-state index contributed by atoms with van der Waals surface area (Å²) in [6, 6.07) is 14.0. The molecule has 0 spiro atoms. The lowest BCUT2D eigenvalue weighted by Gasteiger charge is -2.11. The van der Waals surface area contributed by atoms with Crippen molar-refractivity contribution in [3.05, 3.63) is 71.8 Å². The molecule has 33 heavy (non-hydrogen) atoms. The van der Waals surface area contributed by atoms with Crippen molar-refractivity contribution in [1.29, 1.82) is 0 Å². The fraction of sp³-hybridized carbons (Fsp3) is 0.167. The van der Waals surface area contributed by atoms with Gasteiger partial charge in [0.1, 0.15) is 18.1 Å². The van der Waals surface area contributed by atoms with Crippen molar-refractivity contribution in [2.75, 3.05) is 21.3 Å². The van der Waals surface area contributed by atoms with Gasteiger partial charge in [-0.1, -0.05) is 11.2 Å². The zero-order valence-corrected chi connectivity index (χ0v) is 18.1. The highest BCUT2D eigenvalue weighted by molar-refractivity contribution is 5.67. The third kappa shape index (κ3) is 4.72. The predicted octanol–water partition coefficient (Wildman–Crippen LogP) is 5.29. The van der Waals surface area contributed by atoms with Crippen LogP contribution in [0.5, 0.6) is 23.0 Å². The molecule has 3 aromatic carbocycles. The Bertz CT molecular complexity index is 1280. The summed E-state index contributed by atoms with van der Waals surface area (Å²) in [6.45, 7) is 0.0382. The third-order valence-electron chi connectivity index (χ3n) is 4.87. The van der Waals surface area contributed by atoms with Gasteiger partial charge >= 0.3 is 0 Å². The molecule has 4 aromatic rings. The van der Waals surface area contributed by atoms with Crippen LogP contribution in [0.1, 0.15) is 5.56 Å². The summed E-state index contributed by atoms with van der Waals surface area (Å²) < 4.78 is 53.7. The molecule has 0 fully saturated rings. The largest absolute Gasteiger partial charge is 0.497 e. The molecule has 0 aliphatic heterocycles. The van der Waals surface area contributed by atoms with Gasteiger partial charge in [0.15, 0.2) is 23.1 Å². The molecule has 4 rings (SSSR count). The normalized spacial score (nSPS) is 10.7. The fourth-order valence-electron chi connectivity index (χ4n) is 3.14. The van der Waals surface area contributed by atoms with Gasteiger partial charge in [-0.3, -0.25) is 0 Å². The number of nitrogens with zero attached hydrogens (tertiary/aromatic N) is 2. The average Bonchev–Trinajstić information content (AvgIpc) is 3.34. The number of halogens is 2. The van der Waals surface area contributed by atoms with E-state index in [0.717, 1.165) is 12.1 Å². The molecule has 0 amide bonds. The lowest BCUT2D eigenvalue weighted by molar-refractivity contribution is 0.284. The van der Waals surface area contributed by atoms with Crippen LogP contribution in [-0.2, 0) is 6.61 Å². The zero-order valence-electron chi connectivity index (χ0n) is 18.1. The van der Waals surface area contributed by atoms with E-state index in [4.69, 9.17) is 23.5 Å². The lowest BCUT2D eigenvalue weighted by atomic mass is 10.1. The quantitative estimate of drug-likeness (QED) is 0.358. The van der Waals surface area contributed by atoms with Crippen molar-refractivity contribution in [2.24, 2.45) is 0 Å². The molecule has 0 aliphatic rings. The first kappa shape index (κ1) is 22.1. The van der Waals surface area contributed by atoms with E-state index in [0.29, 0.717) is 45.5 Å². The van der Waals surface area contributed by atoms with Crippen LogP contribution in [0.15, 0.2) is 59.1 Å². The molecule has 7 nitrogen and oxygen atoms in total. The minimum absolute atomic E-state index is 0.0382. The number of ether oxygens (including phenoxy) is 4. The van der Waals surface area contributed by atoms with Crippen LogP contribution in [0.2, 0.25) is 0 Å². The molecule has 0 saturated heterocycles. The van der Waals surface area contributed by atoms with Crippen LogP contribution >= 0.6 is 0 Å². The number of hydrogen-bond acceptors (Lipinski definition) is 7. The average molecular weight is 454 g/mol. The molecule has 0 bridgehead atoms. The van der Waals surface area contributed by atoms with E-state index < -0.39 is 11.6 Å². The second-order valence-electron chi connectivity index (χ2n) is 6.89. The van der Waals surface area contributed by atoms with Crippen molar-refractivity contribution in [3.8, 4) is 45.8 Å². The molecular weight excluding hydrogens is 434 g/mol. The van der Waals surface area contributed by atoms with Crippen LogP contribution in [0, 0.1) is 11.6 Å². The summed E-state index contributed by atoms with van der Waals surface area (Å²) >= 11 is 0. The zero-order chi connectivity index (χ0) is 23.4. The minimum Gasteiger partial charge on any atom is -0.497 e. The molecule has 1 aromatic heterocycles. The number of hydrogen-bond donors (Lipinski definition) is 0. The van der Waals surface area contributed by atoms with E-state index in [1.807, 2.05) is 0 Å². The van der Waals surface area contributed by atoms with Crippen molar-refractivity contribution >= 4 is 0 Å². The van der Waals surface area contributed by atoms with Gasteiger partial charge in [0.2, 0.25) is 5.82 Å². The first-order valence-corrected chi connectivity index (χ1v) is 9.83. The van der Waals surface area contributed by atoms with Crippen LogP contribution < -0.4 is 18.9 Å². The van der Waals surface area contributed by atoms with Gasteiger partial charge in [-0.25, -0.2) is 8.78 Å². The van der Waals surface area contributed by atoms with Gasteiger partial charge < -0.3 is 23.5 Å². The lowest BCUT2D eigenvalue weighted by Crippen LogP contribution is -1.99. The summed E-state index contributed by atoms with van der Waals surface area (Å²) in [7, 11) is 4.60. The minimum atomic E-state index is -0.931. The Hall–Kier alpha value is -4.14. The fourth-order valence-corrected chi connectivity index (χ4v) is 3.14. The SMILES string of the molecule is COc1ccc(-c2nc(-c3ccc(OCc4ccc(F)c(F)c4)c(OC)c3)no2)c(OC)c1. The van der Waals surface area contributed by atoms with Gasteiger partial charge in [0.25, 0.3) is 5.89 Å². The molecule has 1 heterocycles. The maximum absolute atomic E-state index is 13.4. The molecule has 0 radical (unpaired) electrons. The summed E-state index contributed by atoms with van der Waals surface area (Å²) in [5, 5.41) is 4.05. The van der Waals surface area contributed by atoms with Crippen LogP contribution in [0.4, 0.5) is 8.78 Å². The summed E-state index contributed by atoms with van der Waals surface area (Å²) in [4.78, 5) is 4.46. The Kier molecular flexibility index (Phi) is 6.39. The van der Waals surface area contributed by atoms with E-state index in [2.05, 4.69) is 10.1 Å². The first-order chi connectivity index (χ1) is 16.0. The topological polar surface area (TPSA) is 75.8 Å². The number of aromatic nitrogens is 2. The van der Waals surface area contributed by atoms with E-state index in [1.54, 1.807) is 50.6 Å². The Morgan fingerprint density at radius 1 is 0.788 bits per heavy atom. The van der Waals surface area contributed by atoms with E-state index in [-0.39, 0.29) is 12.5 Å². The van der Waals surface area contributed by atoms with Crippen LogP contribution in [0.25, 0.3) is 22.8 Å². The second-order valence-corrected chi connectivity index (χ2v) is 6.89. The Labute approximate surface area is 188 Å². The summed E-state index contributed by atoms with van der Waals surface area (Å²) in [5.74, 6) is 0.792. The summed E-state index contributed by atoms with van der Waals surface area (Å²) in [6.07, 6.45) is 0. The van der Waals surface area contributed by atoms with E-state index in [1.165, 1.54) is 13.2 Å². The highest BCUT2D eigenvalue weighted by Crippen LogP contribution is 2.35. The highest BCUT2D eigenvalue weighted by atomic mass is 19.2. The van der Waals surface area contributed by atoms with Gasteiger partial charge in [-0.2, -0.15) is 4.98 Å². The molecular formula is C24H20F2N2O5.